The van der Waals surface area contributed by atoms with Gasteiger partial charge in [0, 0.05) is 31.9 Å². The van der Waals surface area contributed by atoms with Gasteiger partial charge in [-0.1, -0.05) is 27.7 Å². The van der Waals surface area contributed by atoms with Crippen LogP contribution in [-0.2, 0) is 13.1 Å². The van der Waals surface area contributed by atoms with Crippen LogP contribution in [0.2, 0.25) is 0 Å². The van der Waals surface area contributed by atoms with Crippen molar-refractivity contribution in [3.8, 4) is 0 Å². The monoisotopic (exact) mass is 488 g/mol. The SMILES string of the molecule is CC(C)CCn1cc(NC(=O)c2cc([N+](=O)[O-])cn2CCC(C)C)cc1C(=O)NCCCN(C)C. The van der Waals surface area contributed by atoms with Crippen LogP contribution in [0.25, 0.3) is 0 Å². The van der Waals surface area contributed by atoms with Gasteiger partial charge in [-0.2, -0.15) is 0 Å². The molecule has 0 aromatic carbocycles. The van der Waals surface area contributed by atoms with Gasteiger partial charge in [0.15, 0.2) is 0 Å². The molecule has 2 heterocycles. The van der Waals surface area contributed by atoms with E-state index in [2.05, 4.69) is 43.2 Å². The minimum atomic E-state index is -0.496. The molecule has 0 saturated carbocycles. The summed E-state index contributed by atoms with van der Waals surface area (Å²) in [6.45, 7) is 10.9. The van der Waals surface area contributed by atoms with Gasteiger partial charge in [-0.05, 0) is 57.8 Å². The molecule has 0 bridgehead atoms. The van der Waals surface area contributed by atoms with E-state index in [1.165, 1.54) is 12.3 Å². The summed E-state index contributed by atoms with van der Waals surface area (Å²) in [6.07, 6.45) is 5.66. The Morgan fingerprint density at radius 2 is 1.54 bits per heavy atom. The van der Waals surface area contributed by atoms with Gasteiger partial charge in [-0.25, -0.2) is 0 Å². The van der Waals surface area contributed by atoms with Crippen LogP contribution in [0.3, 0.4) is 0 Å². The van der Waals surface area contributed by atoms with Gasteiger partial charge < -0.3 is 24.7 Å². The van der Waals surface area contributed by atoms with E-state index in [1.54, 1.807) is 16.8 Å². The molecule has 0 atom stereocenters. The first-order valence-corrected chi connectivity index (χ1v) is 12.3. The standard InChI is InChI=1S/C25H40N6O4/c1-18(2)8-12-29-16-20(14-22(29)24(32)26-10-7-11-28(5)6)27-25(33)23-15-21(31(34)35)17-30(23)13-9-19(3)4/h14-19H,7-13H2,1-6H3,(H,26,32)(H,27,33). The molecule has 0 aliphatic carbocycles. The molecule has 2 N–H and O–H groups in total. The number of anilines is 1. The molecule has 0 aliphatic rings. The number of rotatable bonds is 14. The summed E-state index contributed by atoms with van der Waals surface area (Å²) < 4.78 is 3.48. The van der Waals surface area contributed by atoms with Gasteiger partial charge in [-0.15, -0.1) is 0 Å². The molecule has 0 unspecified atom stereocenters. The highest BCUT2D eigenvalue weighted by atomic mass is 16.6. The number of aromatic nitrogens is 2. The second kappa shape index (κ2) is 13.1. The van der Waals surface area contributed by atoms with E-state index in [0.29, 0.717) is 42.9 Å². The Morgan fingerprint density at radius 1 is 0.971 bits per heavy atom. The molecule has 10 nitrogen and oxygen atoms in total. The summed E-state index contributed by atoms with van der Waals surface area (Å²) >= 11 is 0. The van der Waals surface area contributed by atoms with E-state index < -0.39 is 10.8 Å². The summed E-state index contributed by atoms with van der Waals surface area (Å²) in [5.74, 6) is 0.210. The number of nitro groups is 1. The maximum Gasteiger partial charge on any atom is 0.287 e. The Morgan fingerprint density at radius 3 is 2.09 bits per heavy atom. The third-order valence-electron chi connectivity index (χ3n) is 5.68. The molecule has 2 amide bonds. The fourth-order valence-corrected chi connectivity index (χ4v) is 3.60. The number of amides is 2. The van der Waals surface area contributed by atoms with Gasteiger partial charge >= 0.3 is 0 Å². The highest BCUT2D eigenvalue weighted by molar-refractivity contribution is 6.04. The van der Waals surface area contributed by atoms with Crippen LogP contribution in [0, 0.1) is 22.0 Å². The molecule has 0 fully saturated rings. The number of hydrogen-bond acceptors (Lipinski definition) is 5. The summed E-state index contributed by atoms with van der Waals surface area (Å²) in [7, 11) is 3.98. The predicted molar refractivity (Wildman–Crippen MR) is 138 cm³/mol. The van der Waals surface area contributed by atoms with Gasteiger partial charge in [0.05, 0.1) is 16.8 Å². The zero-order valence-electron chi connectivity index (χ0n) is 21.8. The van der Waals surface area contributed by atoms with Crippen molar-refractivity contribution in [2.45, 2.75) is 60.0 Å². The van der Waals surface area contributed by atoms with Crippen molar-refractivity contribution >= 4 is 23.2 Å². The topological polar surface area (TPSA) is 114 Å². The van der Waals surface area contributed by atoms with Crippen molar-refractivity contribution in [3.05, 3.63) is 46.0 Å². The quantitative estimate of drug-likeness (QED) is 0.235. The molecule has 2 rings (SSSR count). The van der Waals surface area contributed by atoms with E-state index >= 15 is 0 Å². The molecule has 2 aromatic heterocycles. The second-order valence-corrected chi connectivity index (χ2v) is 10.1. The first-order chi connectivity index (χ1) is 16.5. The lowest BCUT2D eigenvalue weighted by Crippen LogP contribution is -2.28. The summed E-state index contributed by atoms with van der Waals surface area (Å²) in [4.78, 5) is 38.8. The van der Waals surface area contributed by atoms with E-state index in [9.17, 15) is 19.7 Å². The zero-order chi connectivity index (χ0) is 26.1. The van der Waals surface area contributed by atoms with Crippen molar-refractivity contribution in [3.63, 3.8) is 0 Å². The van der Waals surface area contributed by atoms with E-state index in [4.69, 9.17) is 0 Å². The Balaban J connectivity index is 2.22. The average Bonchev–Trinajstić information content (AvgIpc) is 3.38. The number of nitrogens with one attached hydrogen (secondary N) is 2. The van der Waals surface area contributed by atoms with Crippen LogP contribution in [0.4, 0.5) is 11.4 Å². The van der Waals surface area contributed by atoms with Crippen LogP contribution < -0.4 is 10.6 Å². The third-order valence-corrected chi connectivity index (χ3v) is 5.68. The van der Waals surface area contributed by atoms with Crippen molar-refractivity contribution in [2.75, 3.05) is 32.5 Å². The number of hydrogen-bond donors (Lipinski definition) is 2. The molecule has 0 spiro atoms. The zero-order valence-corrected chi connectivity index (χ0v) is 21.8. The molecule has 2 aromatic rings. The summed E-state index contributed by atoms with van der Waals surface area (Å²) in [5.41, 5.74) is 1.07. The van der Waals surface area contributed by atoms with E-state index in [-0.39, 0.29) is 17.3 Å². The van der Waals surface area contributed by atoms with Gasteiger partial charge in [0.1, 0.15) is 11.4 Å². The van der Waals surface area contributed by atoms with Crippen LogP contribution in [0.15, 0.2) is 24.5 Å². The fraction of sp³-hybridized carbons (Fsp3) is 0.600. The van der Waals surface area contributed by atoms with Crippen molar-refractivity contribution in [1.82, 2.24) is 19.4 Å². The lowest BCUT2D eigenvalue weighted by Gasteiger charge is -2.12. The normalized spacial score (nSPS) is 11.5. The Labute approximate surface area is 207 Å². The predicted octanol–water partition coefficient (Wildman–Crippen LogP) is 4.22. The first-order valence-electron chi connectivity index (χ1n) is 12.3. The van der Waals surface area contributed by atoms with Crippen molar-refractivity contribution in [1.29, 1.82) is 0 Å². The minimum Gasteiger partial charge on any atom is -0.351 e. The minimum absolute atomic E-state index is 0.119. The summed E-state index contributed by atoms with van der Waals surface area (Å²) in [5, 5.41) is 17.1. The lowest BCUT2D eigenvalue weighted by molar-refractivity contribution is -0.384. The van der Waals surface area contributed by atoms with Gasteiger partial charge in [0.2, 0.25) is 0 Å². The first kappa shape index (κ1) is 28.1. The van der Waals surface area contributed by atoms with E-state index in [0.717, 1.165) is 25.8 Å². The summed E-state index contributed by atoms with van der Waals surface area (Å²) in [6, 6.07) is 2.96. The number of carbonyl (C=O) groups is 2. The van der Waals surface area contributed by atoms with E-state index in [1.807, 2.05) is 18.7 Å². The van der Waals surface area contributed by atoms with Gasteiger partial charge in [-0.3, -0.25) is 19.7 Å². The molecule has 0 radical (unpaired) electrons. The highest BCUT2D eigenvalue weighted by Gasteiger charge is 2.21. The Hall–Kier alpha value is -3.14. The maximum absolute atomic E-state index is 13.1. The smallest absolute Gasteiger partial charge is 0.287 e. The third kappa shape index (κ3) is 8.86. The Kier molecular flexibility index (Phi) is 10.5. The maximum atomic E-state index is 13.1. The van der Waals surface area contributed by atoms with Crippen LogP contribution >= 0.6 is 0 Å². The van der Waals surface area contributed by atoms with Crippen LogP contribution in [0.1, 0.15) is 67.9 Å². The lowest BCUT2D eigenvalue weighted by atomic mass is 10.1. The number of aryl methyl sites for hydroxylation is 2. The van der Waals surface area contributed by atoms with Crippen LogP contribution in [-0.4, -0.2) is 58.0 Å². The molecule has 194 valence electrons. The highest BCUT2D eigenvalue weighted by Crippen LogP contribution is 2.21. The average molecular weight is 489 g/mol. The Bertz CT molecular complexity index is 1010. The molecule has 0 saturated heterocycles. The second-order valence-electron chi connectivity index (χ2n) is 10.1. The number of carbonyl (C=O) groups excluding carboxylic acids is 2. The van der Waals surface area contributed by atoms with Crippen molar-refractivity contribution < 1.29 is 14.5 Å². The van der Waals surface area contributed by atoms with Gasteiger partial charge in [0.25, 0.3) is 17.5 Å². The molecule has 35 heavy (non-hydrogen) atoms. The largest absolute Gasteiger partial charge is 0.351 e. The van der Waals surface area contributed by atoms with Crippen molar-refractivity contribution in [2.24, 2.45) is 11.8 Å². The molecule has 0 aliphatic heterocycles. The molecule has 10 heteroatoms. The molecular weight excluding hydrogens is 448 g/mol. The van der Waals surface area contributed by atoms with Crippen LogP contribution in [0.5, 0.6) is 0 Å². The number of nitrogens with zero attached hydrogens (tertiary/aromatic N) is 4. The molecular formula is C25H40N6O4. The fourth-order valence-electron chi connectivity index (χ4n) is 3.60.